The van der Waals surface area contributed by atoms with Crippen molar-refractivity contribution in [1.82, 2.24) is 0 Å². The molecular formula is C26H19Na. The minimum atomic E-state index is 0. The summed E-state index contributed by atoms with van der Waals surface area (Å²) >= 11 is 0. The monoisotopic (exact) mass is 354 g/mol. The van der Waals surface area contributed by atoms with Crippen molar-refractivity contribution in [3.63, 3.8) is 0 Å². The van der Waals surface area contributed by atoms with Crippen LogP contribution in [-0.4, -0.2) is 0 Å². The summed E-state index contributed by atoms with van der Waals surface area (Å²) in [5.41, 5.74) is 5.09. The smallest absolute Gasteiger partial charge is 1.00 e. The van der Waals surface area contributed by atoms with E-state index in [4.69, 9.17) is 0 Å². The van der Waals surface area contributed by atoms with Crippen molar-refractivity contribution in [2.75, 3.05) is 0 Å². The van der Waals surface area contributed by atoms with Crippen LogP contribution in [0.5, 0.6) is 0 Å². The molecular weight excluding hydrogens is 335 g/mol. The molecule has 0 saturated carbocycles. The Kier molecular flexibility index (Phi) is 5.13. The fourth-order valence-electron chi connectivity index (χ4n) is 3.79. The predicted molar refractivity (Wildman–Crippen MR) is 113 cm³/mol. The van der Waals surface area contributed by atoms with E-state index in [1.54, 1.807) is 0 Å². The molecule has 5 aromatic carbocycles. The average Bonchev–Trinajstić information content (AvgIpc) is 2.72. The van der Waals surface area contributed by atoms with Gasteiger partial charge in [-0.15, -0.1) is 0 Å². The van der Waals surface area contributed by atoms with Gasteiger partial charge in [0.25, 0.3) is 0 Å². The number of hydrogen-bond donors (Lipinski definition) is 0. The molecule has 0 atom stereocenters. The summed E-state index contributed by atoms with van der Waals surface area (Å²) in [7, 11) is 0. The van der Waals surface area contributed by atoms with Crippen LogP contribution in [0.15, 0.2) is 109 Å². The molecule has 0 radical (unpaired) electrons. The first-order valence-electron chi connectivity index (χ1n) is 8.96. The predicted octanol–water partition coefficient (Wildman–Crippen LogP) is 4.44. The van der Waals surface area contributed by atoms with E-state index < -0.39 is 0 Å². The van der Waals surface area contributed by atoms with Gasteiger partial charge in [0.1, 0.15) is 0 Å². The van der Waals surface area contributed by atoms with Crippen LogP contribution in [-0.2, 0) is 0 Å². The maximum absolute atomic E-state index is 2.33. The van der Waals surface area contributed by atoms with Crippen LogP contribution in [0, 0.1) is 0 Å². The number of benzene rings is 5. The fraction of sp³-hybridized carbons (Fsp3) is 0. The Balaban J connectivity index is 0.00000112. The van der Waals surface area contributed by atoms with E-state index in [2.05, 4.69) is 109 Å². The SMILES string of the molecule is [H-].[Na+].c1ccc(-c2ccc3cc4ccccc4cc3c2-c2ccccc2)cc1. The van der Waals surface area contributed by atoms with Crippen LogP contribution in [0.2, 0.25) is 0 Å². The second-order valence-corrected chi connectivity index (χ2v) is 6.64. The van der Waals surface area contributed by atoms with E-state index in [0.717, 1.165) is 0 Å². The Morgan fingerprint density at radius 2 is 1.00 bits per heavy atom. The van der Waals surface area contributed by atoms with Gasteiger partial charge >= 0.3 is 29.6 Å². The summed E-state index contributed by atoms with van der Waals surface area (Å²) in [5.74, 6) is 0. The molecule has 0 bridgehead atoms. The van der Waals surface area contributed by atoms with E-state index >= 15 is 0 Å². The van der Waals surface area contributed by atoms with Gasteiger partial charge in [-0.3, -0.25) is 0 Å². The van der Waals surface area contributed by atoms with Crippen molar-refractivity contribution in [1.29, 1.82) is 0 Å². The Bertz CT molecular complexity index is 1210. The standard InChI is InChI=1S/C26H18.Na.H/c1-3-9-19(10-4-1)24-16-15-23-17-21-13-7-8-14-22(21)18-25(23)26(24)20-11-5-2-6-12-20;;/h1-18H;;/q;+1;-1. The van der Waals surface area contributed by atoms with Crippen molar-refractivity contribution in [2.45, 2.75) is 0 Å². The Hall–Kier alpha value is -2.38. The third kappa shape index (κ3) is 3.33. The van der Waals surface area contributed by atoms with Gasteiger partial charge in [-0.05, 0) is 55.9 Å². The second kappa shape index (κ2) is 7.70. The van der Waals surface area contributed by atoms with Gasteiger partial charge in [-0.25, -0.2) is 0 Å². The van der Waals surface area contributed by atoms with Gasteiger partial charge in [0.05, 0.1) is 0 Å². The van der Waals surface area contributed by atoms with Crippen LogP contribution >= 0.6 is 0 Å². The molecule has 27 heavy (non-hydrogen) atoms. The normalized spacial score (nSPS) is 10.7. The third-order valence-corrected chi connectivity index (χ3v) is 5.03. The van der Waals surface area contributed by atoms with Crippen molar-refractivity contribution >= 4 is 21.5 Å². The molecule has 124 valence electrons. The zero-order chi connectivity index (χ0) is 17.3. The van der Waals surface area contributed by atoms with Gasteiger partial charge in [-0.2, -0.15) is 0 Å². The zero-order valence-corrected chi connectivity index (χ0v) is 17.4. The molecule has 0 aliphatic rings. The molecule has 5 aromatic rings. The Morgan fingerprint density at radius 1 is 0.444 bits per heavy atom. The van der Waals surface area contributed by atoms with Crippen molar-refractivity contribution in [3.05, 3.63) is 109 Å². The van der Waals surface area contributed by atoms with Crippen LogP contribution in [0.4, 0.5) is 0 Å². The van der Waals surface area contributed by atoms with Crippen molar-refractivity contribution in [3.8, 4) is 22.3 Å². The van der Waals surface area contributed by atoms with Crippen LogP contribution < -0.4 is 29.6 Å². The van der Waals surface area contributed by atoms with E-state index in [0.29, 0.717) is 0 Å². The molecule has 0 fully saturated rings. The summed E-state index contributed by atoms with van der Waals surface area (Å²) in [6, 6.07) is 39.1. The largest absolute Gasteiger partial charge is 1.00 e. The fourth-order valence-corrected chi connectivity index (χ4v) is 3.79. The molecule has 1 heteroatoms. The van der Waals surface area contributed by atoms with E-state index in [-0.39, 0.29) is 31.0 Å². The van der Waals surface area contributed by atoms with Gasteiger partial charge in [0.15, 0.2) is 0 Å². The minimum absolute atomic E-state index is 0. The van der Waals surface area contributed by atoms with E-state index in [9.17, 15) is 0 Å². The summed E-state index contributed by atoms with van der Waals surface area (Å²) < 4.78 is 0. The average molecular weight is 354 g/mol. The van der Waals surface area contributed by atoms with Crippen LogP contribution in [0.3, 0.4) is 0 Å². The van der Waals surface area contributed by atoms with E-state index in [1.807, 2.05) is 0 Å². The van der Waals surface area contributed by atoms with Crippen LogP contribution in [0.1, 0.15) is 1.43 Å². The van der Waals surface area contributed by atoms with Crippen molar-refractivity contribution < 1.29 is 31.0 Å². The quantitative estimate of drug-likeness (QED) is 0.325. The summed E-state index contributed by atoms with van der Waals surface area (Å²) in [4.78, 5) is 0. The van der Waals surface area contributed by atoms with Gasteiger partial charge in [0.2, 0.25) is 0 Å². The molecule has 0 saturated heterocycles. The molecule has 0 aromatic heterocycles. The maximum Gasteiger partial charge on any atom is 1.00 e. The number of fused-ring (bicyclic) bond motifs is 2. The van der Waals surface area contributed by atoms with E-state index in [1.165, 1.54) is 43.8 Å². The van der Waals surface area contributed by atoms with Gasteiger partial charge < -0.3 is 1.43 Å². The summed E-state index contributed by atoms with van der Waals surface area (Å²) in [6.45, 7) is 0. The Morgan fingerprint density at radius 3 is 1.67 bits per heavy atom. The molecule has 0 unspecified atom stereocenters. The molecule has 0 aliphatic carbocycles. The van der Waals surface area contributed by atoms with Gasteiger partial charge in [0, 0.05) is 0 Å². The number of hydrogen-bond acceptors (Lipinski definition) is 0. The van der Waals surface area contributed by atoms with Crippen LogP contribution in [0.25, 0.3) is 43.8 Å². The molecule has 0 nitrogen and oxygen atoms in total. The molecule has 0 heterocycles. The zero-order valence-electron chi connectivity index (χ0n) is 16.4. The summed E-state index contributed by atoms with van der Waals surface area (Å²) in [5, 5.41) is 5.15. The summed E-state index contributed by atoms with van der Waals surface area (Å²) in [6.07, 6.45) is 0. The second-order valence-electron chi connectivity index (χ2n) is 6.64. The third-order valence-electron chi connectivity index (χ3n) is 5.03. The molecule has 0 spiro atoms. The van der Waals surface area contributed by atoms with Gasteiger partial charge in [-0.1, -0.05) is 97.1 Å². The molecule has 5 rings (SSSR count). The first-order chi connectivity index (χ1) is 12.9. The molecule has 0 N–H and O–H groups in total. The topological polar surface area (TPSA) is 0 Å². The van der Waals surface area contributed by atoms with Crippen molar-refractivity contribution in [2.24, 2.45) is 0 Å². The minimum Gasteiger partial charge on any atom is -1.00 e. The first-order valence-corrected chi connectivity index (χ1v) is 8.96. The maximum atomic E-state index is 2.33. The Labute approximate surface area is 183 Å². The number of rotatable bonds is 2. The molecule has 0 amide bonds. The first kappa shape index (κ1) is 18.0. The molecule has 0 aliphatic heterocycles.